The maximum absolute atomic E-state index is 12.2. The van der Waals surface area contributed by atoms with E-state index in [1.165, 1.54) is 31.4 Å². The quantitative estimate of drug-likeness (QED) is 0.674. The lowest BCUT2D eigenvalue weighted by molar-refractivity contribution is 0.0913. The van der Waals surface area contributed by atoms with Crippen molar-refractivity contribution in [2.24, 2.45) is 11.7 Å². The van der Waals surface area contributed by atoms with Crippen molar-refractivity contribution in [3.63, 3.8) is 0 Å². The Balaban J connectivity index is 2.04. The molecule has 0 heterocycles. The van der Waals surface area contributed by atoms with E-state index < -0.39 is 0 Å². The Hall–Kier alpha value is -1.75. The summed E-state index contributed by atoms with van der Waals surface area (Å²) in [6.07, 6.45) is 5.79. The fraction of sp³-hybridized carbons (Fsp3) is 0.533. The van der Waals surface area contributed by atoms with Gasteiger partial charge >= 0.3 is 0 Å². The molecule has 0 bridgehead atoms. The first-order valence-corrected chi connectivity index (χ1v) is 7.14. The molecular weight excluding hydrogens is 256 g/mol. The zero-order valence-electron chi connectivity index (χ0n) is 11.5. The lowest BCUT2D eigenvalue weighted by atomic mass is 9.84. The summed E-state index contributed by atoms with van der Waals surface area (Å²) >= 11 is 0. The van der Waals surface area contributed by atoms with Gasteiger partial charge < -0.3 is 21.3 Å². The second kappa shape index (κ2) is 6.61. The Morgan fingerprint density at radius 2 is 2.00 bits per heavy atom. The second-order valence-electron chi connectivity index (χ2n) is 5.42. The third kappa shape index (κ3) is 3.42. The highest BCUT2D eigenvalue weighted by Crippen LogP contribution is 2.27. The third-order valence-corrected chi connectivity index (χ3v) is 4.02. The van der Waals surface area contributed by atoms with Crippen LogP contribution in [0, 0.1) is 5.92 Å². The van der Waals surface area contributed by atoms with Gasteiger partial charge in [-0.25, -0.2) is 0 Å². The van der Waals surface area contributed by atoms with Crippen LogP contribution in [0.15, 0.2) is 18.2 Å². The molecule has 1 aliphatic carbocycles. The molecule has 110 valence electrons. The van der Waals surface area contributed by atoms with E-state index in [2.05, 4.69) is 5.32 Å². The molecule has 0 aliphatic heterocycles. The van der Waals surface area contributed by atoms with Gasteiger partial charge in [0.25, 0.3) is 5.91 Å². The number of rotatable bonds is 4. The molecular formula is C15H22N2O3. The van der Waals surface area contributed by atoms with Gasteiger partial charge in [-0.3, -0.25) is 4.79 Å². The molecule has 1 aromatic rings. The van der Waals surface area contributed by atoms with E-state index in [0.717, 1.165) is 18.9 Å². The standard InChI is InChI=1S/C15H22N2O3/c16-9-13(10-4-2-1-3-5-10)17-15(20)12-7-6-11(18)8-14(12)19/h6-8,10,13,18-19H,1-5,9,16H2,(H,17,20). The first-order valence-electron chi connectivity index (χ1n) is 7.14. The Morgan fingerprint density at radius 3 is 2.60 bits per heavy atom. The van der Waals surface area contributed by atoms with Gasteiger partial charge in [0.1, 0.15) is 11.5 Å². The maximum atomic E-state index is 12.2. The highest BCUT2D eigenvalue weighted by atomic mass is 16.3. The van der Waals surface area contributed by atoms with E-state index in [4.69, 9.17) is 5.73 Å². The van der Waals surface area contributed by atoms with E-state index in [-0.39, 0.29) is 29.0 Å². The first-order chi connectivity index (χ1) is 9.61. The molecule has 20 heavy (non-hydrogen) atoms. The molecule has 0 spiro atoms. The number of phenolic OH excluding ortho intramolecular Hbond substituents is 2. The van der Waals surface area contributed by atoms with Crippen LogP contribution >= 0.6 is 0 Å². The number of carbonyl (C=O) groups excluding carboxylic acids is 1. The highest BCUT2D eigenvalue weighted by molar-refractivity contribution is 5.97. The van der Waals surface area contributed by atoms with Crippen LogP contribution in [0.25, 0.3) is 0 Å². The van der Waals surface area contributed by atoms with E-state index in [1.807, 2.05) is 0 Å². The number of nitrogens with one attached hydrogen (secondary N) is 1. The van der Waals surface area contributed by atoms with Crippen LogP contribution in [0.1, 0.15) is 42.5 Å². The topological polar surface area (TPSA) is 95.6 Å². The van der Waals surface area contributed by atoms with Crippen LogP contribution in [0.4, 0.5) is 0 Å². The molecule has 2 rings (SSSR count). The summed E-state index contributed by atoms with van der Waals surface area (Å²) in [6.45, 7) is 0.398. The van der Waals surface area contributed by atoms with Crippen molar-refractivity contribution in [2.45, 2.75) is 38.1 Å². The summed E-state index contributed by atoms with van der Waals surface area (Å²) in [4.78, 5) is 12.2. The fourth-order valence-electron chi connectivity index (χ4n) is 2.86. The summed E-state index contributed by atoms with van der Waals surface area (Å²) in [6, 6.07) is 3.89. The predicted octanol–water partition coefficient (Wildman–Crippen LogP) is 1.74. The van der Waals surface area contributed by atoms with E-state index >= 15 is 0 Å². The first kappa shape index (κ1) is 14.7. The van der Waals surface area contributed by atoms with Gasteiger partial charge in [0.15, 0.2) is 0 Å². The van der Waals surface area contributed by atoms with Crippen molar-refractivity contribution in [3.05, 3.63) is 23.8 Å². The minimum atomic E-state index is -0.344. The second-order valence-corrected chi connectivity index (χ2v) is 5.42. The smallest absolute Gasteiger partial charge is 0.255 e. The van der Waals surface area contributed by atoms with Crippen LogP contribution in [0.5, 0.6) is 11.5 Å². The lowest BCUT2D eigenvalue weighted by Crippen LogP contribution is -2.45. The Kier molecular flexibility index (Phi) is 4.84. The van der Waals surface area contributed by atoms with Crippen molar-refractivity contribution in [1.82, 2.24) is 5.32 Å². The lowest BCUT2D eigenvalue weighted by Gasteiger charge is -2.30. The van der Waals surface area contributed by atoms with Gasteiger partial charge in [-0.15, -0.1) is 0 Å². The van der Waals surface area contributed by atoms with Crippen molar-refractivity contribution in [3.8, 4) is 11.5 Å². The number of phenols is 2. The molecule has 1 amide bonds. The van der Waals surface area contributed by atoms with Crippen LogP contribution in [-0.2, 0) is 0 Å². The van der Waals surface area contributed by atoms with Gasteiger partial charge in [-0.2, -0.15) is 0 Å². The molecule has 1 saturated carbocycles. The van der Waals surface area contributed by atoms with Gasteiger partial charge in [0.05, 0.1) is 5.56 Å². The van der Waals surface area contributed by atoms with Crippen LogP contribution in [0.2, 0.25) is 0 Å². The molecule has 1 unspecified atom stereocenters. The summed E-state index contributed by atoms with van der Waals surface area (Å²) in [7, 11) is 0. The molecule has 1 fully saturated rings. The van der Waals surface area contributed by atoms with E-state index in [1.54, 1.807) is 0 Å². The van der Waals surface area contributed by atoms with Gasteiger partial charge in [0.2, 0.25) is 0 Å². The number of carbonyl (C=O) groups is 1. The molecule has 5 nitrogen and oxygen atoms in total. The molecule has 0 radical (unpaired) electrons. The molecule has 1 aromatic carbocycles. The highest BCUT2D eigenvalue weighted by Gasteiger charge is 2.25. The van der Waals surface area contributed by atoms with E-state index in [0.29, 0.717) is 12.5 Å². The minimum Gasteiger partial charge on any atom is -0.508 e. The van der Waals surface area contributed by atoms with Crippen LogP contribution in [-0.4, -0.2) is 28.7 Å². The van der Waals surface area contributed by atoms with Crippen LogP contribution in [0.3, 0.4) is 0 Å². The largest absolute Gasteiger partial charge is 0.508 e. The molecule has 1 atom stereocenters. The molecule has 0 aromatic heterocycles. The number of hydrogen-bond acceptors (Lipinski definition) is 4. The zero-order valence-corrected chi connectivity index (χ0v) is 11.5. The number of aromatic hydroxyl groups is 2. The molecule has 5 heteroatoms. The number of benzene rings is 1. The molecule has 0 saturated heterocycles. The zero-order chi connectivity index (χ0) is 14.5. The Morgan fingerprint density at radius 1 is 1.30 bits per heavy atom. The monoisotopic (exact) mass is 278 g/mol. The molecule has 1 aliphatic rings. The average molecular weight is 278 g/mol. The van der Waals surface area contributed by atoms with E-state index in [9.17, 15) is 15.0 Å². The summed E-state index contributed by atoms with van der Waals surface area (Å²) in [5.74, 6) is -0.218. The third-order valence-electron chi connectivity index (χ3n) is 4.02. The Bertz CT molecular complexity index is 470. The SMILES string of the molecule is NCC(NC(=O)c1ccc(O)cc1O)C1CCCCC1. The Labute approximate surface area is 118 Å². The normalized spacial score (nSPS) is 17.6. The summed E-state index contributed by atoms with van der Waals surface area (Å²) < 4.78 is 0. The van der Waals surface area contributed by atoms with Crippen molar-refractivity contribution >= 4 is 5.91 Å². The van der Waals surface area contributed by atoms with Crippen LogP contribution < -0.4 is 11.1 Å². The fourth-order valence-corrected chi connectivity index (χ4v) is 2.86. The average Bonchev–Trinajstić information content (AvgIpc) is 2.45. The minimum absolute atomic E-state index is 0.0593. The summed E-state index contributed by atoms with van der Waals surface area (Å²) in [5.41, 5.74) is 5.94. The number of amides is 1. The van der Waals surface area contributed by atoms with Crippen molar-refractivity contribution < 1.29 is 15.0 Å². The number of nitrogens with two attached hydrogens (primary N) is 1. The number of hydrogen-bond donors (Lipinski definition) is 4. The predicted molar refractivity (Wildman–Crippen MR) is 76.7 cm³/mol. The van der Waals surface area contributed by atoms with Gasteiger partial charge in [-0.05, 0) is 30.9 Å². The van der Waals surface area contributed by atoms with Gasteiger partial charge in [-0.1, -0.05) is 19.3 Å². The summed E-state index contributed by atoms with van der Waals surface area (Å²) in [5, 5.41) is 21.9. The van der Waals surface area contributed by atoms with Crippen molar-refractivity contribution in [2.75, 3.05) is 6.54 Å². The van der Waals surface area contributed by atoms with Gasteiger partial charge in [0, 0.05) is 18.7 Å². The molecule has 5 N–H and O–H groups in total. The maximum Gasteiger partial charge on any atom is 0.255 e. The van der Waals surface area contributed by atoms with Crippen molar-refractivity contribution in [1.29, 1.82) is 0 Å².